The highest BCUT2D eigenvalue weighted by Gasteiger charge is 2.70. The van der Waals surface area contributed by atoms with E-state index in [1.807, 2.05) is 12.1 Å². The predicted molar refractivity (Wildman–Crippen MR) is 123 cm³/mol. The fourth-order valence-corrected chi connectivity index (χ4v) is 6.55. The van der Waals surface area contributed by atoms with E-state index in [2.05, 4.69) is 5.16 Å². The molecule has 2 bridgehead atoms. The third kappa shape index (κ3) is 2.87. The van der Waals surface area contributed by atoms with Crippen LogP contribution in [-0.4, -0.2) is 50.9 Å². The van der Waals surface area contributed by atoms with Gasteiger partial charge in [0.25, 0.3) is 0 Å². The first-order chi connectivity index (χ1) is 17.0. The molecule has 3 fully saturated rings. The van der Waals surface area contributed by atoms with Gasteiger partial charge in [0.05, 0.1) is 50.1 Å². The zero-order chi connectivity index (χ0) is 24.4. The Bertz CT molecular complexity index is 1290. The van der Waals surface area contributed by atoms with E-state index in [9.17, 15) is 14.4 Å². The standard InChI is InChI=1S/C26H24N2O7/c1-32-12-8-9-14(18(10-12)33-2)22-21-15-11-16(23(21)35-27-22)20-19(15)24(29)28(25(20)30)17-7-5-4-6-13(17)26(31)34-3/h4-10,15-16,19-21,23H,11H2,1-3H3. The van der Waals surface area contributed by atoms with Crippen LogP contribution in [0, 0.1) is 29.6 Å². The number of hydrogen-bond acceptors (Lipinski definition) is 8. The summed E-state index contributed by atoms with van der Waals surface area (Å²) in [6.07, 6.45) is 0.433. The van der Waals surface area contributed by atoms with Crippen LogP contribution in [0.15, 0.2) is 47.6 Å². The minimum absolute atomic E-state index is 0.102. The van der Waals surface area contributed by atoms with Crippen molar-refractivity contribution in [2.24, 2.45) is 34.7 Å². The van der Waals surface area contributed by atoms with Crippen molar-refractivity contribution >= 4 is 29.2 Å². The Kier molecular flexibility index (Phi) is 4.84. The number of oxime groups is 1. The SMILES string of the molecule is COC(=O)c1ccccc1N1C(=O)C2C3CC(C4C(c5ccc(OC)cc5OC)=NOC34)C2C1=O. The lowest BCUT2D eigenvalue weighted by molar-refractivity contribution is -0.125. The molecule has 0 aromatic heterocycles. The molecule has 6 atom stereocenters. The van der Waals surface area contributed by atoms with Gasteiger partial charge in [-0.1, -0.05) is 17.3 Å². The number of benzene rings is 2. The third-order valence-electron chi connectivity index (χ3n) is 7.93. The van der Waals surface area contributed by atoms with Gasteiger partial charge in [-0.15, -0.1) is 0 Å². The molecule has 2 aromatic rings. The maximum atomic E-state index is 13.7. The van der Waals surface area contributed by atoms with Crippen molar-refractivity contribution in [2.45, 2.75) is 12.5 Å². The minimum atomic E-state index is -0.595. The van der Waals surface area contributed by atoms with Crippen LogP contribution < -0.4 is 14.4 Å². The summed E-state index contributed by atoms with van der Waals surface area (Å²) in [5.74, 6) is -1.25. The average Bonchev–Trinajstić information content (AvgIpc) is 3.63. The molecule has 2 aliphatic heterocycles. The van der Waals surface area contributed by atoms with Gasteiger partial charge in [-0.3, -0.25) is 9.59 Å². The first kappa shape index (κ1) is 21.6. The smallest absolute Gasteiger partial charge is 0.339 e. The third-order valence-corrected chi connectivity index (χ3v) is 7.93. The molecule has 0 N–H and O–H groups in total. The molecule has 180 valence electrons. The first-order valence-electron chi connectivity index (χ1n) is 11.5. The number of carbonyl (C=O) groups excluding carboxylic acids is 3. The summed E-state index contributed by atoms with van der Waals surface area (Å²) in [5, 5.41) is 4.40. The summed E-state index contributed by atoms with van der Waals surface area (Å²) in [6.45, 7) is 0. The van der Waals surface area contributed by atoms with Gasteiger partial charge in [-0.05, 0) is 36.6 Å². The number of hydrogen-bond donors (Lipinski definition) is 0. The van der Waals surface area contributed by atoms with Gasteiger partial charge in [-0.2, -0.15) is 0 Å². The molecule has 0 spiro atoms. The lowest BCUT2D eigenvalue weighted by Gasteiger charge is -2.30. The molecule has 6 rings (SSSR count). The number of nitrogens with zero attached hydrogens (tertiary/aromatic N) is 2. The van der Waals surface area contributed by atoms with E-state index in [1.54, 1.807) is 44.6 Å². The van der Waals surface area contributed by atoms with Crippen LogP contribution in [-0.2, 0) is 19.2 Å². The highest BCUT2D eigenvalue weighted by Crippen LogP contribution is 2.62. The molecule has 2 heterocycles. The summed E-state index contributed by atoms with van der Waals surface area (Å²) in [6, 6.07) is 12.0. The van der Waals surface area contributed by atoms with Crippen molar-refractivity contribution < 1.29 is 33.4 Å². The van der Waals surface area contributed by atoms with Gasteiger partial charge in [0.1, 0.15) is 17.6 Å². The molecule has 2 aromatic carbocycles. The predicted octanol–water partition coefficient (Wildman–Crippen LogP) is 2.67. The van der Waals surface area contributed by atoms with Gasteiger partial charge in [0.15, 0.2) is 0 Å². The molecule has 35 heavy (non-hydrogen) atoms. The first-order valence-corrected chi connectivity index (χ1v) is 11.5. The van der Waals surface area contributed by atoms with Crippen LogP contribution in [0.25, 0.3) is 0 Å². The zero-order valence-corrected chi connectivity index (χ0v) is 19.5. The number of para-hydroxylation sites is 1. The van der Waals surface area contributed by atoms with Crippen LogP contribution in [0.5, 0.6) is 11.5 Å². The molecular formula is C26H24N2O7. The Morgan fingerprint density at radius 3 is 2.43 bits per heavy atom. The van der Waals surface area contributed by atoms with E-state index in [0.717, 1.165) is 11.3 Å². The number of ether oxygens (including phenoxy) is 3. The van der Waals surface area contributed by atoms with Gasteiger partial charge in [0, 0.05) is 23.5 Å². The molecule has 2 amide bonds. The van der Waals surface area contributed by atoms with Crippen LogP contribution in [0.3, 0.4) is 0 Å². The number of methoxy groups -OCH3 is 3. The molecule has 0 radical (unpaired) electrons. The molecule has 2 aliphatic carbocycles. The lowest BCUT2D eigenvalue weighted by Crippen LogP contribution is -2.41. The average molecular weight is 476 g/mol. The molecule has 4 aliphatic rings. The lowest BCUT2D eigenvalue weighted by atomic mass is 9.71. The second-order valence-electron chi connectivity index (χ2n) is 9.27. The highest BCUT2D eigenvalue weighted by atomic mass is 16.6. The van der Waals surface area contributed by atoms with E-state index in [0.29, 0.717) is 17.9 Å². The van der Waals surface area contributed by atoms with Crippen LogP contribution >= 0.6 is 0 Å². The number of esters is 1. The summed E-state index contributed by atoms with van der Waals surface area (Å²) in [5.41, 5.74) is 1.97. The van der Waals surface area contributed by atoms with E-state index >= 15 is 0 Å². The van der Waals surface area contributed by atoms with Gasteiger partial charge < -0.3 is 19.0 Å². The largest absolute Gasteiger partial charge is 0.497 e. The second kappa shape index (κ2) is 7.83. The van der Waals surface area contributed by atoms with Gasteiger partial charge >= 0.3 is 5.97 Å². The molecule has 9 nitrogen and oxygen atoms in total. The number of fused-ring (bicyclic) bond motifs is 8. The molecule has 2 saturated carbocycles. The molecule has 6 unspecified atom stereocenters. The fraction of sp³-hybridized carbons (Fsp3) is 0.385. The maximum Gasteiger partial charge on any atom is 0.339 e. The Labute approximate surface area is 201 Å². The van der Waals surface area contributed by atoms with E-state index in [4.69, 9.17) is 19.0 Å². The summed E-state index contributed by atoms with van der Waals surface area (Å²) in [7, 11) is 4.44. The molecule has 1 saturated heterocycles. The van der Waals surface area contributed by atoms with Gasteiger partial charge in [-0.25, -0.2) is 9.69 Å². The Morgan fingerprint density at radius 2 is 1.71 bits per heavy atom. The van der Waals surface area contributed by atoms with E-state index in [1.165, 1.54) is 12.0 Å². The van der Waals surface area contributed by atoms with Crippen molar-refractivity contribution in [1.29, 1.82) is 0 Å². The van der Waals surface area contributed by atoms with E-state index < -0.39 is 17.8 Å². The van der Waals surface area contributed by atoms with Crippen LogP contribution in [0.4, 0.5) is 5.69 Å². The van der Waals surface area contributed by atoms with Crippen molar-refractivity contribution in [2.75, 3.05) is 26.2 Å². The minimum Gasteiger partial charge on any atom is -0.497 e. The highest BCUT2D eigenvalue weighted by molar-refractivity contribution is 6.24. The second-order valence-corrected chi connectivity index (χ2v) is 9.27. The van der Waals surface area contributed by atoms with Gasteiger partial charge in [0.2, 0.25) is 11.8 Å². The number of imide groups is 1. The van der Waals surface area contributed by atoms with Crippen molar-refractivity contribution in [3.8, 4) is 11.5 Å². The number of rotatable bonds is 5. The topological polar surface area (TPSA) is 104 Å². The van der Waals surface area contributed by atoms with Crippen molar-refractivity contribution in [3.63, 3.8) is 0 Å². The maximum absolute atomic E-state index is 13.7. The Balaban J connectivity index is 1.36. The van der Waals surface area contributed by atoms with Crippen molar-refractivity contribution in [3.05, 3.63) is 53.6 Å². The normalized spacial score (nSPS) is 30.0. The number of carbonyl (C=O) groups is 3. The number of amides is 2. The summed E-state index contributed by atoms with van der Waals surface area (Å²) < 4.78 is 15.8. The number of anilines is 1. The van der Waals surface area contributed by atoms with Crippen LogP contribution in [0.2, 0.25) is 0 Å². The van der Waals surface area contributed by atoms with Crippen LogP contribution in [0.1, 0.15) is 22.3 Å². The Hall–Kier alpha value is -3.88. The molecular weight excluding hydrogens is 452 g/mol. The molecule has 9 heteroatoms. The fourth-order valence-electron chi connectivity index (χ4n) is 6.55. The summed E-state index contributed by atoms with van der Waals surface area (Å²) in [4.78, 5) is 46.7. The van der Waals surface area contributed by atoms with Crippen molar-refractivity contribution in [1.82, 2.24) is 0 Å². The quantitative estimate of drug-likeness (QED) is 0.483. The Morgan fingerprint density at radius 1 is 0.971 bits per heavy atom. The van der Waals surface area contributed by atoms with E-state index in [-0.39, 0.29) is 46.9 Å². The zero-order valence-electron chi connectivity index (χ0n) is 19.5. The monoisotopic (exact) mass is 476 g/mol. The summed E-state index contributed by atoms with van der Waals surface area (Å²) >= 11 is 0.